The molecule has 122 valence electrons. The second kappa shape index (κ2) is 8.03. The summed E-state index contributed by atoms with van der Waals surface area (Å²) >= 11 is 0. The molecule has 0 saturated carbocycles. The molecular formula is C17H26N2O3. The minimum absolute atomic E-state index is 0.106. The molecule has 1 saturated heterocycles. The fraction of sp³-hybridized carbons (Fsp3) is 0.588. The Bertz CT molecular complexity index is 497. The number of carbonyl (C=O) groups excluding carboxylic acids is 1. The van der Waals surface area contributed by atoms with Crippen molar-refractivity contribution >= 4 is 5.91 Å². The second-order valence-corrected chi connectivity index (χ2v) is 5.78. The number of piperazine rings is 1. The van der Waals surface area contributed by atoms with E-state index in [1.807, 2.05) is 36.9 Å². The number of hydrogen-bond acceptors (Lipinski definition) is 4. The number of rotatable bonds is 6. The Morgan fingerprint density at radius 3 is 2.64 bits per heavy atom. The van der Waals surface area contributed by atoms with Crippen LogP contribution >= 0.6 is 0 Å². The average Bonchev–Trinajstić information content (AvgIpc) is 2.54. The van der Waals surface area contributed by atoms with E-state index in [9.17, 15) is 4.79 Å². The van der Waals surface area contributed by atoms with E-state index in [2.05, 4.69) is 5.32 Å². The van der Waals surface area contributed by atoms with Crippen molar-refractivity contribution in [3.8, 4) is 11.5 Å². The SMILES string of the molecule is COc1cc(CCC(=O)N2CCNCC2)ccc1OC(C)C. The van der Waals surface area contributed by atoms with Gasteiger partial charge in [-0.1, -0.05) is 6.07 Å². The summed E-state index contributed by atoms with van der Waals surface area (Å²) in [6, 6.07) is 5.89. The fourth-order valence-corrected chi connectivity index (χ4v) is 2.54. The lowest BCUT2D eigenvalue weighted by molar-refractivity contribution is -0.131. The summed E-state index contributed by atoms with van der Waals surface area (Å²) in [5.41, 5.74) is 1.09. The summed E-state index contributed by atoms with van der Waals surface area (Å²) in [4.78, 5) is 14.1. The van der Waals surface area contributed by atoms with Crippen molar-refractivity contribution in [2.24, 2.45) is 0 Å². The summed E-state index contributed by atoms with van der Waals surface area (Å²) < 4.78 is 11.1. The predicted molar refractivity (Wildman–Crippen MR) is 86.5 cm³/mol. The van der Waals surface area contributed by atoms with Crippen LogP contribution in [-0.2, 0) is 11.2 Å². The van der Waals surface area contributed by atoms with Gasteiger partial charge in [0.05, 0.1) is 13.2 Å². The quantitative estimate of drug-likeness (QED) is 0.871. The van der Waals surface area contributed by atoms with Crippen LogP contribution < -0.4 is 14.8 Å². The molecule has 0 unspecified atom stereocenters. The van der Waals surface area contributed by atoms with Gasteiger partial charge in [0.15, 0.2) is 11.5 Å². The molecule has 0 aromatic heterocycles. The van der Waals surface area contributed by atoms with E-state index in [0.717, 1.165) is 49.7 Å². The lowest BCUT2D eigenvalue weighted by atomic mass is 10.1. The number of hydrogen-bond donors (Lipinski definition) is 1. The van der Waals surface area contributed by atoms with E-state index in [-0.39, 0.29) is 12.0 Å². The van der Waals surface area contributed by atoms with Crippen LogP contribution in [0.4, 0.5) is 0 Å². The van der Waals surface area contributed by atoms with Crippen LogP contribution in [0.15, 0.2) is 18.2 Å². The van der Waals surface area contributed by atoms with Gasteiger partial charge in [0.1, 0.15) is 0 Å². The zero-order valence-electron chi connectivity index (χ0n) is 13.7. The summed E-state index contributed by atoms with van der Waals surface area (Å²) in [7, 11) is 1.64. The van der Waals surface area contributed by atoms with Crippen molar-refractivity contribution in [1.82, 2.24) is 10.2 Å². The second-order valence-electron chi connectivity index (χ2n) is 5.78. The molecule has 0 aliphatic carbocycles. The number of aryl methyl sites for hydroxylation is 1. The third-order valence-electron chi connectivity index (χ3n) is 3.69. The normalized spacial score (nSPS) is 15.0. The number of ether oxygens (including phenoxy) is 2. The average molecular weight is 306 g/mol. The van der Waals surface area contributed by atoms with Crippen LogP contribution in [0.1, 0.15) is 25.8 Å². The highest BCUT2D eigenvalue weighted by molar-refractivity contribution is 5.76. The minimum atomic E-state index is 0.106. The van der Waals surface area contributed by atoms with Crippen LogP contribution in [-0.4, -0.2) is 50.2 Å². The molecule has 0 radical (unpaired) electrons. The van der Waals surface area contributed by atoms with Crippen LogP contribution in [0, 0.1) is 0 Å². The van der Waals surface area contributed by atoms with Gasteiger partial charge in [-0.3, -0.25) is 4.79 Å². The molecule has 1 amide bonds. The van der Waals surface area contributed by atoms with Crippen molar-refractivity contribution in [1.29, 1.82) is 0 Å². The zero-order chi connectivity index (χ0) is 15.9. The van der Waals surface area contributed by atoms with Crippen molar-refractivity contribution in [2.45, 2.75) is 32.8 Å². The fourth-order valence-electron chi connectivity index (χ4n) is 2.54. The molecule has 1 aromatic carbocycles. The smallest absolute Gasteiger partial charge is 0.222 e. The predicted octanol–water partition coefficient (Wildman–Crippen LogP) is 1.85. The van der Waals surface area contributed by atoms with Crippen LogP contribution in [0.2, 0.25) is 0 Å². The van der Waals surface area contributed by atoms with E-state index in [4.69, 9.17) is 9.47 Å². The molecule has 0 bridgehead atoms. The molecule has 5 heteroatoms. The lowest BCUT2D eigenvalue weighted by Gasteiger charge is -2.27. The van der Waals surface area contributed by atoms with Crippen molar-refractivity contribution in [3.63, 3.8) is 0 Å². The number of carbonyl (C=O) groups is 1. The first-order chi connectivity index (χ1) is 10.6. The first kappa shape index (κ1) is 16.6. The van der Waals surface area contributed by atoms with Crippen molar-refractivity contribution in [3.05, 3.63) is 23.8 Å². The Balaban J connectivity index is 1.93. The topological polar surface area (TPSA) is 50.8 Å². The number of amides is 1. The monoisotopic (exact) mass is 306 g/mol. The number of nitrogens with one attached hydrogen (secondary N) is 1. The standard InChI is InChI=1S/C17H26N2O3/c1-13(2)22-15-6-4-14(12-16(15)21-3)5-7-17(20)19-10-8-18-9-11-19/h4,6,12-13,18H,5,7-11H2,1-3H3. The van der Waals surface area contributed by atoms with Crippen LogP contribution in [0.3, 0.4) is 0 Å². The molecule has 1 aliphatic rings. The molecule has 1 aliphatic heterocycles. The molecule has 5 nitrogen and oxygen atoms in total. The molecule has 0 atom stereocenters. The summed E-state index contributed by atoms with van der Waals surface area (Å²) in [6.07, 6.45) is 1.36. The van der Waals surface area contributed by atoms with Crippen molar-refractivity contribution < 1.29 is 14.3 Å². The maximum Gasteiger partial charge on any atom is 0.222 e. The van der Waals surface area contributed by atoms with Gasteiger partial charge in [0, 0.05) is 32.6 Å². The summed E-state index contributed by atoms with van der Waals surface area (Å²) in [5.74, 6) is 1.69. The van der Waals surface area contributed by atoms with E-state index in [1.165, 1.54) is 0 Å². The molecule has 1 heterocycles. The van der Waals surface area contributed by atoms with Crippen molar-refractivity contribution in [2.75, 3.05) is 33.3 Å². The third-order valence-corrected chi connectivity index (χ3v) is 3.69. The summed E-state index contributed by atoms with van der Waals surface area (Å²) in [5, 5.41) is 3.26. The highest BCUT2D eigenvalue weighted by atomic mass is 16.5. The van der Waals surface area contributed by atoms with Gasteiger partial charge in [-0.05, 0) is 38.0 Å². The highest BCUT2D eigenvalue weighted by Gasteiger charge is 2.16. The molecule has 0 spiro atoms. The molecule has 1 N–H and O–H groups in total. The van der Waals surface area contributed by atoms with Gasteiger partial charge >= 0.3 is 0 Å². The first-order valence-corrected chi connectivity index (χ1v) is 7.92. The molecule has 1 aromatic rings. The minimum Gasteiger partial charge on any atom is -0.493 e. The third kappa shape index (κ3) is 4.63. The Morgan fingerprint density at radius 1 is 1.27 bits per heavy atom. The van der Waals surface area contributed by atoms with E-state index in [0.29, 0.717) is 6.42 Å². The largest absolute Gasteiger partial charge is 0.493 e. The number of benzene rings is 1. The summed E-state index contributed by atoms with van der Waals surface area (Å²) in [6.45, 7) is 7.37. The number of methoxy groups -OCH3 is 1. The molecule has 22 heavy (non-hydrogen) atoms. The molecular weight excluding hydrogens is 280 g/mol. The highest BCUT2D eigenvalue weighted by Crippen LogP contribution is 2.29. The van der Waals surface area contributed by atoms with Gasteiger partial charge in [0.2, 0.25) is 5.91 Å². The van der Waals surface area contributed by atoms with E-state index >= 15 is 0 Å². The Morgan fingerprint density at radius 2 is 2.00 bits per heavy atom. The number of nitrogens with zero attached hydrogens (tertiary/aromatic N) is 1. The Labute approximate surface area is 132 Å². The van der Waals surface area contributed by atoms with E-state index < -0.39 is 0 Å². The zero-order valence-corrected chi connectivity index (χ0v) is 13.7. The van der Waals surface area contributed by atoms with E-state index in [1.54, 1.807) is 7.11 Å². The Kier molecular flexibility index (Phi) is 6.07. The Hall–Kier alpha value is -1.75. The van der Waals surface area contributed by atoms with Gasteiger partial charge in [-0.2, -0.15) is 0 Å². The first-order valence-electron chi connectivity index (χ1n) is 7.92. The van der Waals surface area contributed by atoms with Crippen LogP contribution in [0.5, 0.6) is 11.5 Å². The lowest BCUT2D eigenvalue weighted by Crippen LogP contribution is -2.46. The van der Waals surface area contributed by atoms with Gasteiger partial charge < -0.3 is 19.7 Å². The van der Waals surface area contributed by atoms with Crippen LogP contribution in [0.25, 0.3) is 0 Å². The van der Waals surface area contributed by atoms with Gasteiger partial charge in [-0.25, -0.2) is 0 Å². The maximum absolute atomic E-state index is 12.2. The maximum atomic E-state index is 12.2. The van der Waals surface area contributed by atoms with Gasteiger partial charge in [-0.15, -0.1) is 0 Å². The molecule has 2 rings (SSSR count). The molecule has 1 fully saturated rings. The van der Waals surface area contributed by atoms with Gasteiger partial charge in [0.25, 0.3) is 0 Å².